The maximum atomic E-state index is 5.63. The smallest absolute Gasteiger partial charge is 0.137 e. The summed E-state index contributed by atoms with van der Waals surface area (Å²) in [5.74, 6) is 0.823. The van der Waals surface area contributed by atoms with E-state index in [1.807, 2.05) is 12.1 Å². The summed E-state index contributed by atoms with van der Waals surface area (Å²) in [5.41, 5.74) is 6.48. The molecule has 2 N–H and O–H groups in total. The van der Waals surface area contributed by atoms with Crippen molar-refractivity contribution < 1.29 is 9.47 Å². The molecule has 4 heteroatoms. The van der Waals surface area contributed by atoms with Gasteiger partial charge < -0.3 is 15.2 Å². The Kier molecular flexibility index (Phi) is 4.76. The molecule has 0 radical (unpaired) electrons. The number of ether oxygens (including phenoxy) is 2. The standard InChI is InChI=1S/C13H20N2O2/c14-7-5-11-3-4-13(10-15-11)17-9-6-12-2-1-8-16-12/h3-4,10,12H,1-2,5-9,14H2. The molecule has 1 saturated heterocycles. The van der Waals surface area contributed by atoms with E-state index in [1.54, 1.807) is 6.20 Å². The van der Waals surface area contributed by atoms with Crippen LogP contribution in [-0.4, -0.2) is 30.8 Å². The Balaban J connectivity index is 1.70. The molecule has 1 atom stereocenters. The van der Waals surface area contributed by atoms with Crippen LogP contribution in [0, 0.1) is 0 Å². The molecule has 0 aromatic carbocycles. The lowest BCUT2D eigenvalue weighted by Gasteiger charge is -2.10. The molecule has 1 fully saturated rings. The van der Waals surface area contributed by atoms with Crippen molar-refractivity contribution in [2.75, 3.05) is 19.8 Å². The summed E-state index contributed by atoms with van der Waals surface area (Å²) in [6.07, 6.45) is 6.28. The zero-order valence-corrected chi connectivity index (χ0v) is 10.1. The molecule has 1 aliphatic rings. The van der Waals surface area contributed by atoms with E-state index < -0.39 is 0 Å². The summed E-state index contributed by atoms with van der Waals surface area (Å²) in [4.78, 5) is 4.28. The lowest BCUT2D eigenvalue weighted by Crippen LogP contribution is -2.11. The van der Waals surface area contributed by atoms with Crippen molar-refractivity contribution in [1.29, 1.82) is 0 Å². The predicted octanol–water partition coefficient (Wildman–Crippen LogP) is 1.53. The van der Waals surface area contributed by atoms with Gasteiger partial charge in [0.05, 0.1) is 18.9 Å². The number of rotatable bonds is 6. The van der Waals surface area contributed by atoms with Gasteiger partial charge in [-0.3, -0.25) is 4.98 Å². The Morgan fingerprint density at radius 2 is 2.41 bits per heavy atom. The first-order chi connectivity index (χ1) is 8.38. The van der Waals surface area contributed by atoms with Crippen molar-refractivity contribution in [3.63, 3.8) is 0 Å². The maximum absolute atomic E-state index is 5.63. The van der Waals surface area contributed by atoms with Gasteiger partial charge in [0.1, 0.15) is 5.75 Å². The Morgan fingerprint density at radius 3 is 3.06 bits per heavy atom. The Bertz CT molecular complexity index is 321. The summed E-state index contributed by atoms with van der Waals surface area (Å²) < 4.78 is 11.2. The third-order valence-electron chi connectivity index (χ3n) is 2.93. The van der Waals surface area contributed by atoms with E-state index in [0.717, 1.165) is 37.3 Å². The van der Waals surface area contributed by atoms with Crippen LogP contribution in [0.2, 0.25) is 0 Å². The number of nitrogens with two attached hydrogens (primary N) is 1. The molecule has 1 unspecified atom stereocenters. The van der Waals surface area contributed by atoms with Gasteiger partial charge >= 0.3 is 0 Å². The fraction of sp³-hybridized carbons (Fsp3) is 0.615. The number of hydrogen-bond donors (Lipinski definition) is 1. The highest BCUT2D eigenvalue weighted by atomic mass is 16.5. The van der Waals surface area contributed by atoms with Gasteiger partial charge in [-0.1, -0.05) is 0 Å². The highest BCUT2D eigenvalue weighted by molar-refractivity contribution is 5.19. The Labute approximate surface area is 102 Å². The van der Waals surface area contributed by atoms with Gasteiger partial charge in [0, 0.05) is 25.1 Å². The lowest BCUT2D eigenvalue weighted by molar-refractivity contribution is 0.0903. The van der Waals surface area contributed by atoms with Gasteiger partial charge in [-0.15, -0.1) is 0 Å². The van der Waals surface area contributed by atoms with E-state index in [-0.39, 0.29) is 0 Å². The monoisotopic (exact) mass is 236 g/mol. The van der Waals surface area contributed by atoms with Crippen LogP contribution in [0.25, 0.3) is 0 Å². The molecule has 0 saturated carbocycles. The number of hydrogen-bond acceptors (Lipinski definition) is 4. The van der Waals surface area contributed by atoms with Crippen molar-refractivity contribution in [2.24, 2.45) is 5.73 Å². The van der Waals surface area contributed by atoms with Crippen LogP contribution in [-0.2, 0) is 11.2 Å². The Morgan fingerprint density at radius 1 is 1.47 bits per heavy atom. The molecular formula is C13H20N2O2. The molecule has 94 valence electrons. The van der Waals surface area contributed by atoms with Gasteiger partial charge in [0.25, 0.3) is 0 Å². The molecule has 17 heavy (non-hydrogen) atoms. The van der Waals surface area contributed by atoms with Crippen molar-refractivity contribution in [2.45, 2.75) is 31.8 Å². The normalized spacial score (nSPS) is 19.5. The van der Waals surface area contributed by atoms with Crippen LogP contribution in [0.4, 0.5) is 0 Å². The molecule has 0 amide bonds. The molecule has 0 spiro atoms. The molecule has 4 nitrogen and oxygen atoms in total. The third-order valence-corrected chi connectivity index (χ3v) is 2.93. The summed E-state index contributed by atoms with van der Waals surface area (Å²) in [5, 5.41) is 0. The molecular weight excluding hydrogens is 216 g/mol. The second kappa shape index (κ2) is 6.57. The average Bonchev–Trinajstić information content (AvgIpc) is 2.85. The minimum absolute atomic E-state index is 0.388. The van der Waals surface area contributed by atoms with Gasteiger partial charge in [0.2, 0.25) is 0 Å². The number of pyridine rings is 1. The molecule has 1 aliphatic heterocycles. The van der Waals surface area contributed by atoms with Crippen LogP contribution >= 0.6 is 0 Å². The minimum atomic E-state index is 0.388. The summed E-state index contributed by atoms with van der Waals surface area (Å²) in [7, 11) is 0. The second-order valence-corrected chi connectivity index (χ2v) is 4.30. The lowest BCUT2D eigenvalue weighted by atomic mass is 10.2. The van der Waals surface area contributed by atoms with E-state index in [0.29, 0.717) is 19.3 Å². The molecule has 1 aromatic rings. The zero-order valence-electron chi connectivity index (χ0n) is 10.1. The van der Waals surface area contributed by atoms with E-state index in [2.05, 4.69) is 4.98 Å². The number of aromatic nitrogens is 1. The minimum Gasteiger partial charge on any atom is -0.492 e. The van der Waals surface area contributed by atoms with E-state index >= 15 is 0 Å². The van der Waals surface area contributed by atoms with E-state index in [1.165, 1.54) is 6.42 Å². The van der Waals surface area contributed by atoms with Crippen molar-refractivity contribution >= 4 is 0 Å². The van der Waals surface area contributed by atoms with Crippen LogP contribution in [0.3, 0.4) is 0 Å². The summed E-state index contributed by atoms with van der Waals surface area (Å²) in [6.45, 7) is 2.23. The van der Waals surface area contributed by atoms with Crippen molar-refractivity contribution in [3.05, 3.63) is 24.0 Å². The molecule has 0 bridgehead atoms. The van der Waals surface area contributed by atoms with Crippen LogP contribution in [0.1, 0.15) is 25.0 Å². The van der Waals surface area contributed by atoms with Gasteiger partial charge in [-0.2, -0.15) is 0 Å². The molecule has 2 heterocycles. The SMILES string of the molecule is NCCc1ccc(OCCC2CCCO2)cn1. The fourth-order valence-electron chi connectivity index (χ4n) is 1.97. The molecule has 0 aliphatic carbocycles. The first-order valence-corrected chi connectivity index (χ1v) is 6.28. The average molecular weight is 236 g/mol. The topological polar surface area (TPSA) is 57.4 Å². The molecule has 1 aromatic heterocycles. The highest BCUT2D eigenvalue weighted by Crippen LogP contribution is 2.16. The predicted molar refractivity (Wildman–Crippen MR) is 66.1 cm³/mol. The third kappa shape index (κ3) is 3.98. The highest BCUT2D eigenvalue weighted by Gasteiger charge is 2.14. The number of nitrogens with zero attached hydrogens (tertiary/aromatic N) is 1. The zero-order chi connectivity index (χ0) is 11.9. The van der Waals surface area contributed by atoms with Crippen molar-refractivity contribution in [3.8, 4) is 5.75 Å². The first kappa shape index (κ1) is 12.3. The van der Waals surface area contributed by atoms with E-state index in [4.69, 9.17) is 15.2 Å². The quantitative estimate of drug-likeness (QED) is 0.813. The van der Waals surface area contributed by atoms with Gasteiger partial charge in [-0.25, -0.2) is 0 Å². The van der Waals surface area contributed by atoms with Crippen molar-refractivity contribution in [1.82, 2.24) is 4.98 Å². The summed E-state index contributed by atoms with van der Waals surface area (Å²) >= 11 is 0. The molecule has 2 rings (SSSR count). The first-order valence-electron chi connectivity index (χ1n) is 6.28. The van der Waals surface area contributed by atoms with Gasteiger partial charge in [-0.05, 0) is 31.5 Å². The van der Waals surface area contributed by atoms with E-state index in [9.17, 15) is 0 Å². The van der Waals surface area contributed by atoms with Crippen LogP contribution in [0.15, 0.2) is 18.3 Å². The summed E-state index contributed by atoms with van der Waals surface area (Å²) in [6, 6.07) is 3.92. The second-order valence-electron chi connectivity index (χ2n) is 4.30. The fourth-order valence-corrected chi connectivity index (χ4v) is 1.97. The Hall–Kier alpha value is -1.13. The largest absolute Gasteiger partial charge is 0.492 e. The van der Waals surface area contributed by atoms with Crippen LogP contribution in [0.5, 0.6) is 5.75 Å². The van der Waals surface area contributed by atoms with Crippen LogP contribution < -0.4 is 10.5 Å². The maximum Gasteiger partial charge on any atom is 0.137 e. The van der Waals surface area contributed by atoms with Gasteiger partial charge in [0.15, 0.2) is 0 Å².